The molecule has 148 valence electrons. The van der Waals surface area contributed by atoms with E-state index in [9.17, 15) is 17.2 Å². The van der Waals surface area contributed by atoms with E-state index in [2.05, 4.69) is 9.82 Å². The molecule has 28 heavy (non-hydrogen) atoms. The van der Waals surface area contributed by atoms with Gasteiger partial charge >= 0.3 is 0 Å². The Hall–Kier alpha value is -2.16. The lowest BCUT2D eigenvalue weighted by molar-refractivity contribution is 0.504. The predicted molar refractivity (Wildman–Crippen MR) is 104 cm³/mol. The van der Waals surface area contributed by atoms with E-state index in [-0.39, 0.29) is 12.2 Å². The van der Waals surface area contributed by atoms with Crippen molar-refractivity contribution in [3.8, 4) is 0 Å². The summed E-state index contributed by atoms with van der Waals surface area (Å²) in [6, 6.07) is 7.47. The second-order valence-corrected chi connectivity index (χ2v) is 8.58. The van der Waals surface area contributed by atoms with Crippen LogP contribution in [0.15, 0.2) is 41.3 Å². The van der Waals surface area contributed by atoms with E-state index >= 15 is 0 Å². The Morgan fingerprint density at radius 3 is 2.32 bits per heavy atom. The molecule has 0 spiro atoms. The van der Waals surface area contributed by atoms with Crippen LogP contribution in [0.5, 0.6) is 0 Å². The predicted octanol–water partition coefficient (Wildman–Crippen LogP) is 4.93. The summed E-state index contributed by atoms with van der Waals surface area (Å²) in [5.41, 5.74) is 1.81. The maximum Gasteiger partial charge on any atom is 0.262 e. The molecule has 0 saturated carbocycles. The number of aromatic nitrogens is 2. The van der Waals surface area contributed by atoms with E-state index < -0.39 is 26.6 Å². The molecule has 0 aliphatic heterocycles. The molecule has 3 aromatic rings. The number of hydrogen-bond donors (Lipinski definition) is 1. The highest BCUT2D eigenvalue weighted by molar-refractivity contribution is 7.92. The van der Waals surface area contributed by atoms with Gasteiger partial charge in [0.2, 0.25) is 0 Å². The highest BCUT2D eigenvalue weighted by Gasteiger charge is 2.22. The van der Waals surface area contributed by atoms with Gasteiger partial charge < -0.3 is 0 Å². The normalized spacial score (nSPS) is 11.6. The zero-order valence-electron chi connectivity index (χ0n) is 14.8. The second kappa shape index (κ2) is 7.69. The summed E-state index contributed by atoms with van der Waals surface area (Å²) in [5, 5.41) is 5.26. The lowest BCUT2D eigenvalue weighted by Gasteiger charge is -2.11. The maximum atomic E-state index is 13.4. The molecular formula is C18H15Cl2F2N3O2S. The molecule has 5 nitrogen and oxygen atoms in total. The molecule has 2 aromatic carbocycles. The van der Waals surface area contributed by atoms with Crippen molar-refractivity contribution in [3.05, 3.63) is 75.0 Å². The monoisotopic (exact) mass is 445 g/mol. The van der Waals surface area contributed by atoms with Crippen LogP contribution in [0.3, 0.4) is 0 Å². The molecule has 0 bridgehead atoms. The van der Waals surface area contributed by atoms with Crippen molar-refractivity contribution in [3.63, 3.8) is 0 Å². The number of rotatable bonds is 5. The molecule has 1 aromatic heterocycles. The third-order valence-electron chi connectivity index (χ3n) is 4.19. The van der Waals surface area contributed by atoms with Gasteiger partial charge in [-0.05, 0) is 44.2 Å². The van der Waals surface area contributed by atoms with Crippen molar-refractivity contribution in [2.75, 3.05) is 4.72 Å². The molecule has 0 unspecified atom stereocenters. The van der Waals surface area contributed by atoms with Gasteiger partial charge in [-0.15, -0.1) is 0 Å². The standard InChI is InChI=1S/C18H15Cl2F2N3O2S/c1-10-18(24-28(26,27)12-6-7-16(21)17(22)8-12)11(2)25(23-10)9-13-14(19)4-3-5-15(13)20/h3-8,24H,9H2,1-2H3. The maximum absolute atomic E-state index is 13.4. The van der Waals surface area contributed by atoms with Crippen LogP contribution in [0.2, 0.25) is 10.0 Å². The largest absolute Gasteiger partial charge is 0.276 e. The summed E-state index contributed by atoms with van der Waals surface area (Å²) < 4.78 is 55.6. The number of aryl methyl sites for hydroxylation is 1. The van der Waals surface area contributed by atoms with Crippen molar-refractivity contribution in [2.24, 2.45) is 0 Å². The van der Waals surface area contributed by atoms with Gasteiger partial charge in [-0.2, -0.15) is 5.10 Å². The van der Waals surface area contributed by atoms with Crippen molar-refractivity contribution in [1.29, 1.82) is 0 Å². The molecule has 0 atom stereocenters. The number of anilines is 1. The number of sulfonamides is 1. The zero-order valence-corrected chi connectivity index (χ0v) is 17.1. The first-order chi connectivity index (χ1) is 13.1. The Bertz CT molecular complexity index is 1140. The molecule has 10 heteroatoms. The summed E-state index contributed by atoms with van der Waals surface area (Å²) in [7, 11) is -4.14. The van der Waals surface area contributed by atoms with Gasteiger partial charge in [-0.3, -0.25) is 9.40 Å². The minimum atomic E-state index is -4.14. The molecule has 3 rings (SSSR count). The fourth-order valence-electron chi connectivity index (χ4n) is 2.67. The third kappa shape index (κ3) is 3.99. The van der Waals surface area contributed by atoms with Crippen LogP contribution in [-0.4, -0.2) is 18.2 Å². The number of hydrogen-bond acceptors (Lipinski definition) is 3. The van der Waals surface area contributed by atoms with Crippen LogP contribution in [0, 0.1) is 25.5 Å². The van der Waals surface area contributed by atoms with Gasteiger partial charge in [0, 0.05) is 15.6 Å². The van der Waals surface area contributed by atoms with E-state index in [1.165, 1.54) is 0 Å². The minimum Gasteiger partial charge on any atom is -0.276 e. The summed E-state index contributed by atoms with van der Waals surface area (Å²) in [5.74, 6) is -2.38. The van der Waals surface area contributed by atoms with E-state index in [4.69, 9.17) is 23.2 Å². The molecule has 0 amide bonds. The smallest absolute Gasteiger partial charge is 0.262 e. The summed E-state index contributed by atoms with van der Waals surface area (Å²) in [6.45, 7) is 3.53. The van der Waals surface area contributed by atoms with Crippen LogP contribution in [0.25, 0.3) is 0 Å². The van der Waals surface area contributed by atoms with Crippen molar-refractivity contribution >= 4 is 38.9 Å². The number of nitrogens with zero attached hydrogens (tertiary/aromatic N) is 2. The summed E-state index contributed by atoms with van der Waals surface area (Å²) in [4.78, 5) is -0.396. The Kier molecular flexibility index (Phi) is 5.65. The Balaban J connectivity index is 1.95. The van der Waals surface area contributed by atoms with E-state index in [1.807, 2.05) is 0 Å². The Morgan fingerprint density at radius 2 is 1.71 bits per heavy atom. The average Bonchev–Trinajstić information content (AvgIpc) is 2.87. The SMILES string of the molecule is Cc1nn(Cc2c(Cl)cccc2Cl)c(C)c1NS(=O)(=O)c1ccc(F)c(F)c1. The molecule has 0 fully saturated rings. The van der Waals surface area contributed by atoms with E-state index in [1.54, 1.807) is 36.7 Å². The highest BCUT2D eigenvalue weighted by Crippen LogP contribution is 2.28. The second-order valence-electron chi connectivity index (χ2n) is 6.09. The van der Waals surface area contributed by atoms with Crippen LogP contribution < -0.4 is 4.72 Å². The first kappa shape index (κ1) is 20.6. The summed E-state index contributed by atoms with van der Waals surface area (Å²) >= 11 is 12.4. The van der Waals surface area contributed by atoms with Gasteiger partial charge in [0.15, 0.2) is 11.6 Å². The topological polar surface area (TPSA) is 64.0 Å². The van der Waals surface area contributed by atoms with Gasteiger partial charge in [0.25, 0.3) is 10.0 Å². The Labute approximate surface area is 170 Å². The number of benzene rings is 2. The minimum absolute atomic E-state index is 0.234. The summed E-state index contributed by atoms with van der Waals surface area (Å²) in [6.07, 6.45) is 0. The average molecular weight is 446 g/mol. The third-order valence-corrected chi connectivity index (χ3v) is 6.24. The fourth-order valence-corrected chi connectivity index (χ4v) is 4.37. The molecule has 1 N–H and O–H groups in total. The van der Waals surface area contributed by atoms with Crippen LogP contribution >= 0.6 is 23.2 Å². The molecule has 1 heterocycles. The molecule has 0 radical (unpaired) electrons. The molecular weight excluding hydrogens is 431 g/mol. The number of halogens is 4. The van der Waals surface area contributed by atoms with Crippen molar-refractivity contribution < 1.29 is 17.2 Å². The number of nitrogens with one attached hydrogen (secondary N) is 1. The van der Waals surface area contributed by atoms with Crippen molar-refractivity contribution in [1.82, 2.24) is 9.78 Å². The van der Waals surface area contributed by atoms with Crippen LogP contribution in [-0.2, 0) is 16.6 Å². The first-order valence-electron chi connectivity index (χ1n) is 8.05. The molecule has 0 aliphatic carbocycles. The molecule has 0 aliphatic rings. The van der Waals surface area contributed by atoms with E-state index in [0.717, 1.165) is 12.1 Å². The lowest BCUT2D eigenvalue weighted by Crippen LogP contribution is -2.15. The van der Waals surface area contributed by atoms with Crippen LogP contribution in [0.4, 0.5) is 14.5 Å². The van der Waals surface area contributed by atoms with Crippen molar-refractivity contribution in [2.45, 2.75) is 25.3 Å². The first-order valence-corrected chi connectivity index (χ1v) is 10.3. The van der Waals surface area contributed by atoms with Crippen LogP contribution in [0.1, 0.15) is 17.0 Å². The highest BCUT2D eigenvalue weighted by atomic mass is 35.5. The lowest BCUT2D eigenvalue weighted by atomic mass is 10.2. The van der Waals surface area contributed by atoms with Gasteiger partial charge in [0.1, 0.15) is 0 Å². The van der Waals surface area contributed by atoms with Gasteiger partial charge in [-0.25, -0.2) is 17.2 Å². The molecule has 0 saturated heterocycles. The van der Waals surface area contributed by atoms with E-state index in [0.29, 0.717) is 33.1 Å². The fraction of sp³-hybridized carbons (Fsp3) is 0.167. The Morgan fingerprint density at radius 1 is 1.07 bits per heavy atom. The quantitative estimate of drug-likeness (QED) is 0.604. The van der Waals surface area contributed by atoms with Gasteiger partial charge in [-0.1, -0.05) is 29.3 Å². The van der Waals surface area contributed by atoms with Gasteiger partial charge in [0.05, 0.1) is 28.5 Å². The zero-order chi connectivity index (χ0) is 20.6.